The molecule has 0 aliphatic rings. The molecule has 4 heteroatoms. The first-order valence-corrected chi connectivity index (χ1v) is 3.91. The smallest absolute Gasteiger partial charge is 0.405 e. The van der Waals surface area contributed by atoms with Crippen LogP contribution in [0.4, 0.5) is 4.79 Å². The quantitative estimate of drug-likeness (QED) is 0.541. The van der Waals surface area contributed by atoms with Crippen LogP contribution in [0.5, 0.6) is 0 Å². The Balaban J connectivity index is 2.65. The number of primary amides is 1. The average molecular weight is 183 g/mol. The summed E-state index contributed by atoms with van der Waals surface area (Å²) in [5.41, 5.74) is 5.05. The molecule has 3 nitrogen and oxygen atoms in total. The molecule has 0 radical (unpaired) electrons. The number of hydrogen-bond acceptors (Lipinski definition) is 3. The van der Waals surface area contributed by atoms with Crippen LogP contribution in [0.15, 0.2) is 30.3 Å². The summed E-state index contributed by atoms with van der Waals surface area (Å²) in [5.74, 6) is 0. The van der Waals surface area contributed by atoms with Crippen LogP contribution in [0.1, 0.15) is 11.0 Å². The first kappa shape index (κ1) is 8.93. The van der Waals surface area contributed by atoms with Crippen LogP contribution in [0.3, 0.4) is 0 Å². The van der Waals surface area contributed by atoms with Crippen LogP contribution in [-0.4, -0.2) is 6.09 Å². The number of ether oxygens (including phenoxy) is 1. The molecule has 1 rings (SSSR count). The van der Waals surface area contributed by atoms with Gasteiger partial charge < -0.3 is 10.5 Å². The molecule has 1 aromatic rings. The SMILES string of the molecule is NC(=O)OC(S)c1ccccc1. The van der Waals surface area contributed by atoms with Gasteiger partial charge in [0.05, 0.1) is 0 Å². The third-order valence-electron chi connectivity index (χ3n) is 1.31. The fraction of sp³-hybridized carbons (Fsp3) is 0.125. The number of thiol groups is 1. The van der Waals surface area contributed by atoms with Gasteiger partial charge in [-0.3, -0.25) is 0 Å². The predicted molar refractivity (Wildman–Crippen MR) is 48.8 cm³/mol. The van der Waals surface area contributed by atoms with E-state index in [4.69, 9.17) is 5.73 Å². The maximum Gasteiger partial charge on any atom is 0.405 e. The second-order valence-corrected chi connectivity index (χ2v) is 2.67. The van der Waals surface area contributed by atoms with E-state index in [1.807, 2.05) is 18.2 Å². The maximum atomic E-state index is 10.3. The third-order valence-corrected chi connectivity index (χ3v) is 1.72. The van der Waals surface area contributed by atoms with Crippen LogP contribution < -0.4 is 5.73 Å². The summed E-state index contributed by atoms with van der Waals surface area (Å²) in [7, 11) is 0. The summed E-state index contributed by atoms with van der Waals surface area (Å²) in [6.45, 7) is 0. The van der Waals surface area contributed by atoms with E-state index in [0.717, 1.165) is 5.56 Å². The topological polar surface area (TPSA) is 52.3 Å². The molecular formula is C8H9NO2S. The molecule has 1 amide bonds. The van der Waals surface area contributed by atoms with E-state index in [9.17, 15) is 4.79 Å². The van der Waals surface area contributed by atoms with Gasteiger partial charge in [-0.25, -0.2) is 4.79 Å². The Hall–Kier alpha value is -1.16. The first-order valence-electron chi connectivity index (χ1n) is 3.39. The molecule has 1 unspecified atom stereocenters. The molecule has 0 fully saturated rings. The maximum absolute atomic E-state index is 10.3. The summed E-state index contributed by atoms with van der Waals surface area (Å²) < 4.78 is 4.64. The van der Waals surface area contributed by atoms with Gasteiger partial charge in [-0.2, -0.15) is 0 Å². The van der Waals surface area contributed by atoms with Crippen molar-refractivity contribution in [2.45, 2.75) is 5.44 Å². The highest BCUT2D eigenvalue weighted by atomic mass is 32.1. The minimum atomic E-state index is -0.821. The zero-order chi connectivity index (χ0) is 8.97. The van der Waals surface area contributed by atoms with Gasteiger partial charge in [0.2, 0.25) is 0 Å². The van der Waals surface area contributed by atoms with Gasteiger partial charge in [-0.05, 0) is 0 Å². The Morgan fingerprint density at radius 1 is 1.42 bits per heavy atom. The minimum absolute atomic E-state index is 0.580. The Morgan fingerprint density at radius 2 is 2.00 bits per heavy atom. The van der Waals surface area contributed by atoms with Gasteiger partial charge in [0.25, 0.3) is 0 Å². The fourth-order valence-corrected chi connectivity index (χ4v) is 1.07. The van der Waals surface area contributed by atoms with Crippen molar-refractivity contribution in [3.8, 4) is 0 Å². The molecular weight excluding hydrogens is 174 g/mol. The fourth-order valence-electron chi connectivity index (χ4n) is 0.796. The van der Waals surface area contributed by atoms with E-state index >= 15 is 0 Å². The lowest BCUT2D eigenvalue weighted by Crippen LogP contribution is -2.14. The van der Waals surface area contributed by atoms with E-state index in [2.05, 4.69) is 17.4 Å². The van der Waals surface area contributed by atoms with Crippen molar-refractivity contribution < 1.29 is 9.53 Å². The van der Waals surface area contributed by atoms with Gasteiger partial charge in [-0.1, -0.05) is 30.3 Å². The number of benzene rings is 1. The van der Waals surface area contributed by atoms with Crippen LogP contribution in [-0.2, 0) is 4.74 Å². The average Bonchev–Trinajstić information content (AvgIpc) is 2.05. The number of rotatable bonds is 2. The molecule has 0 bridgehead atoms. The van der Waals surface area contributed by atoms with Crippen LogP contribution >= 0.6 is 12.6 Å². The van der Waals surface area contributed by atoms with E-state index < -0.39 is 11.5 Å². The molecule has 0 aromatic heterocycles. The lowest BCUT2D eigenvalue weighted by molar-refractivity contribution is 0.147. The monoisotopic (exact) mass is 183 g/mol. The molecule has 0 heterocycles. The second-order valence-electron chi connectivity index (χ2n) is 2.20. The predicted octanol–water partition coefficient (Wildman–Crippen LogP) is 1.71. The van der Waals surface area contributed by atoms with Gasteiger partial charge in [0.1, 0.15) is 0 Å². The van der Waals surface area contributed by atoms with Crippen molar-refractivity contribution in [2.24, 2.45) is 5.73 Å². The van der Waals surface area contributed by atoms with E-state index in [-0.39, 0.29) is 0 Å². The minimum Gasteiger partial charge on any atom is -0.431 e. The van der Waals surface area contributed by atoms with Crippen molar-refractivity contribution in [2.75, 3.05) is 0 Å². The summed E-state index contributed by atoms with van der Waals surface area (Å²) in [6, 6.07) is 9.15. The standard InChI is InChI=1S/C8H9NO2S/c9-8(10)11-7(12)6-4-2-1-3-5-6/h1-5,7,12H,(H2,9,10). The van der Waals surface area contributed by atoms with Gasteiger partial charge in [0, 0.05) is 5.56 Å². The van der Waals surface area contributed by atoms with Crippen molar-refractivity contribution in [1.82, 2.24) is 0 Å². The molecule has 64 valence electrons. The molecule has 2 N–H and O–H groups in total. The van der Waals surface area contributed by atoms with E-state index in [1.54, 1.807) is 12.1 Å². The molecule has 0 aliphatic carbocycles. The highest BCUT2D eigenvalue weighted by Crippen LogP contribution is 2.19. The number of carbonyl (C=O) groups is 1. The Labute approximate surface area is 75.9 Å². The number of nitrogens with two attached hydrogens (primary N) is 1. The molecule has 1 atom stereocenters. The summed E-state index contributed by atoms with van der Waals surface area (Å²) >= 11 is 4.04. The largest absolute Gasteiger partial charge is 0.431 e. The zero-order valence-corrected chi connectivity index (χ0v) is 7.20. The molecule has 0 saturated carbocycles. The lowest BCUT2D eigenvalue weighted by Gasteiger charge is -2.09. The molecule has 0 aliphatic heterocycles. The summed E-state index contributed by atoms with van der Waals surface area (Å²) in [5, 5.41) is 0. The number of amides is 1. The number of carbonyl (C=O) groups excluding carboxylic acids is 1. The normalized spacial score (nSPS) is 12.1. The lowest BCUT2D eigenvalue weighted by atomic mass is 10.2. The highest BCUT2D eigenvalue weighted by molar-refractivity contribution is 7.80. The number of hydrogen-bond donors (Lipinski definition) is 2. The second kappa shape index (κ2) is 4.01. The van der Waals surface area contributed by atoms with Crippen LogP contribution in [0.2, 0.25) is 0 Å². The van der Waals surface area contributed by atoms with Crippen molar-refractivity contribution in [3.63, 3.8) is 0 Å². The van der Waals surface area contributed by atoms with Gasteiger partial charge in [0.15, 0.2) is 5.44 Å². The molecule has 1 aromatic carbocycles. The third kappa shape index (κ3) is 2.47. The Morgan fingerprint density at radius 3 is 2.50 bits per heavy atom. The van der Waals surface area contributed by atoms with Crippen molar-refractivity contribution in [1.29, 1.82) is 0 Å². The first-order chi connectivity index (χ1) is 5.70. The Kier molecular flexibility index (Phi) is 2.99. The Bertz CT molecular complexity index is 263. The van der Waals surface area contributed by atoms with E-state index in [0.29, 0.717) is 0 Å². The summed E-state index contributed by atoms with van der Waals surface area (Å²) in [4.78, 5) is 10.3. The van der Waals surface area contributed by atoms with Crippen LogP contribution in [0.25, 0.3) is 0 Å². The van der Waals surface area contributed by atoms with Crippen molar-refractivity contribution >= 4 is 18.7 Å². The van der Waals surface area contributed by atoms with E-state index in [1.165, 1.54) is 0 Å². The van der Waals surface area contributed by atoms with Crippen molar-refractivity contribution in [3.05, 3.63) is 35.9 Å². The molecule has 0 spiro atoms. The highest BCUT2D eigenvalue weighted by Gasteiger charge is 2.07. The molecule has 12 heavy (non-hydrogen) atoms. The van der Waals surface area contributed by atoms with Gasteiger partial charge >= 0.3 is 6.09 Å². The summed E-state index contributed by atoms with van der Waals surface area (Å²) in [6.07, 6.45) is -0.821. The zero-order valence-electron chi connectivity index (χ0n) is 6.31. The van der Waals surface area contributed by atoms with Crippen LogP contribution in [0, 0.1) is 0 Å². The molecule has 0 saturated heterocycles. The van der Waals surface area contributed by atoms with Gasteiger partial charge in [-0.15, -0.1) is 12.6 Å².